The Morgan fingerprint density at radius 1 is 0.294 bits per heavy atom. The summed E-state index contributed by atoms with van der Waals surface area (Å²) in [7, 11) is 0. The minimum absolute atomic E-state index is 0.945. The Morgan fingerprint density at radius 3 is 1.06 bits per heavy atom. The Hall–Kier alpha value is -4.78. The largest absolute Gasteiger partial charge is 0.0616 e. The second-order valence-corrected chi connectivity index (χ2v) is 8.37. The zero-order chi connectivity index (χ0) is 22.7. The molecule has 0 saturated heterocycles. The highest BCUT2D eigenvalue weighted by Crippen LogP contribution is 2.21. The third kappa shape index (κ3) is 4.02. The molecule has 0 amide bonds. The van der Waals surface area contributed by atoms with E-state index in [1.165, 1.54) is 32.3 Å². The molecule has 0 aliphatic carbocycles. The summed E-state index contributed by atoms with van der Waals surface area (Å²) in [5, 5.41) is 7.18. The van der Waals surface area contributed by atoms with Crippen LogP contribution in [0.15, 0.2) is 121 Å². The summed E-state index contributed by atoms with van der Waals surface area (Å²) in [6.45, 7) is 0. The number of benzene rings is 6. The number of fused-ring (bicyclic) bond motifs is 3. The summed E-state index contributed by atoms with van der Waals surface area (Å²) < 4.78 is 0. The molecule has 34 heavy (non-hydrogen) atoms. The zero-order valence-electron chi connectivity index (χ0n) is 18.5. The van der Waals surface area contributed by atoms with Crippen molar-refractivity contribution in [1.82, 2.24) is 0 Å². The smallest absolute Gasteiger partial charge is 0.0412 e. The second kappa shape index (κ2) is 8.63. The Balaban J connectivity index is 1.44. The molecule has 6 aromatic carbocycles. The number of rotatable bonds is 0. The van der Waals surface area contributed by atoms with Gasteiger partial charge in [0.05, 0.1) is 0 Å². The van der Waals surface area contributed by atoms with Crippen LogP contribution in [0.25, 0.3) is 32.3 Å². The molecule has 0 atom stereocenters. The topological polar surface area (TPSA) is 0 Å². The molecule has 0 fully saturated rings. The second-order valence-electron chi connectivity index (χ2n) is 8.37. The first-order valence-corrected chi connectivity index (χ1v) is 11.4. The highest BCUT2D eigenvalue weighted by molar-refractivity contribution is 5.87. The van der Waals surface area contributed by atoms with Crippen molar-refractivity contribution in [3.63, 3.8) is 0 Å². The maximum Gasteiger partial charge on any atom is 0.0412 e. The monoisotopic (exact) mass is 428 g/mol. The minimum Gasteiger partial charge on any atom is -0.0616 e. The molecule has 6 rings (SSSR count). The van der Waals surface area contributed by atoms with E-state index in [2.05, 4.69) is 145 Å². The number of hydrogen-bond donors (Lipinski definition) is 0. The first kappa shape index (κ1) is 19.9. The average Bonchev–Trinajstić information content (AvgIpc) is 2.90. The molecular formula is C34H20. The Bertz CT molecular complexity index is 1680. The SMILES string of the molecule is C(#Cc1cc2ccccc2cc1C#Cc1ccc2ccccc2c1)c1ccc2ccccc2c1. The van der Waals surface area contributed by atoms with Crippen LogP contribution in [-0.4, -0.2) is 0 Å². The van der Waals surface area contributed by atoms with E-state index in [9.17, 15) is 0 Å². The summed E-state index contributed by atoms with van der Waals surface area (Å²) in [5.41, 5.74) is 3.89. The van der Waals surface area contributed by atoms with Gasteiger partial charge in [-0.05, 0) is 68.7 Å². The minimum atomic E-state index is 0.945. The van der Waals surface area contributed by atoms with Gasteiger partial charge in [-0.3, -0.25) is 0 Å². The lowest BCUT2D eigenvalue weighted by molar-refractivity contribution is 1.62. The summed E-state index contributed by atoms with van der Waals surface area (Å²) in [5.74, 6) is 13.5. The molecule has 0 aliphatic rings. The van der Waals surface area contributed by atoms with Crippen LogP contribution in [0.4, 0.5) is 0 Å². The highest BCUT2D eigenvalue weighted by Gasteiger charge is 2.02. The Kier molecular flexibility index (Phi) is 5.04. The third-order valence-corrected chi connectivity index (χ3v) is 6.07. The van der Waals surface area contributed by atoms with Crippen molar-refractivity contribution in [2.24, 2.45) is 0 Å². The van der Waals surface area contributed by atoms with Gasteiger partial charge in [0.15, 0.2) is 0 Å². The molecule has 0 spiro atoms. The molecule has 6 aromatic rings. The van der Waals surface area contributed by atoms with E-state index in [1.807, 2.05) is 0 Å². The van der Waals surface area contributed by atoms with Gasteiger partial charge in [0.2, 0.25) is 0 Å². The van der Waals surface area contributed by atoms with Crippen LogP contribution < -0.4 is 0 Å². The molecular weight excluding hydrogens is 408 g/mol. The van der Waals surface area contributed by atoms with Crippen LogP contribution in [0, 0.1) is 23.7 Å². The molecule has 0 nitrogen and oxygen atoms in total. The summed E-state index contributed by atoms with van der Waals surface area (Å²) in [6, 6.07) is 42.1. The van der Waals surface area contributed by atoms with Crippen LogP contribution in [0.2, 0.25) is 0 Å². The van der Waals surface area contributed by atoms with Gasteiger partial charge in [0.25, 0.3) is 0 Å². The summed E-state index contributed by atoms with van der Waals surface area (Å²) >= 11 is 0. The molecule has 0 N–H and O–H groups in total. The van der Waals surface area contributed by atoms with Gasteiger partial charge in [0.1, 0.15) is 0 Å². The van der Waals surface area contributed by atoms with E-state index < -0.39 is 0 Å². The van der Waals surface area contributed by atoms with Gasteiger partial charge in [-0.2, -0.15) is 0 Å². The van der Waals surface area contributed by atoms with Crippen molar-refractivity contribution in [3.8, 4) is 23.7 Å². The van der Waals surface area contributed by atoms with Crippen molar-refractivity contribution in [2.45, 2.75) is 0 Å². The van der Waals surface area contributed by atoms with E-state index in [4.69, 9.17) is 0 Å². The first-order chi connectivity index (χ1) is 16.8. The third-order valence-electron chi connectivity index (χ3n) is 6.07. The van der Waals surface area contributed by atoms with Crippen LogP contribution >= 0.6 is 0 Å². The maximum absolute atomic E-state index is 3.40. The van der Waals surface area contributed by atoms with Crippen molar-refractivity contribution in [1.29, 1.82) is 0 Å². The summed E-state index contributed by atoms with van der Waals surface area (Å²) in [4.78, 5) is 0. The molecule has 156 valence electrons. The lowest BCUT2D eigenvalue weighted by Gasteiger charge is -2.03. The standard InChI is InChI=1S/C34H20/c1-3-9-29-21-25(13-17-27(29)7-1)15-19-33-23-31-11-5-6-12-32(31)24-34(33)20-16-26-14-18-28-8-2-4-10-30(28)22-26/h1-14,17-18,21-24H. The van der Waals surface area contributed by atoms with E-state index in [0.717, 1.165) is 22.3 Å². The van der Waals surface area contributed by atoms with Crippen LogP contribution in [0.3, 0.4) is 0 Å². The highest BCUT2D eigenvalue weighted by atomic mass is 14.0. The van der Waals surface area contributed by atoms with Gasteiger partial charge in [-0.1, -0.05) is 109 Å². The quantitative estimate of drug-likeness (QED) is 0.215. The molecule has 0 bridgehead atoms. The Morgan fingerprint density at radius 2 is 0.647 bits per heavy atom. The lowest BCUT2D eigenvalue weighted by Crippen LogP contribution is -1.87. The van der Waals surface area contributed by atoms with Crippen LogP contribution in [-0.2, 0) is 0 Å². The van der Waals surface area contributed by atoms with Gasteiger partial charge in [-0.25, -0.2) is 0 Å². The first-order valence-electron chi connectivity index (χ1n) is 11.4. The average molecular weight is 429 g/mol. The fourth-order valence-electron chi connectivity index (χ4n) is 4.26. The van der Waals surface area contributed by atoms with E-state index >= 15 is 0 Å². The van der Waals surface area contributed by atoms with Crippen molar-refractivity contribution >= 4 is 32.3 Å². The molecule has 0 heterocycles. The fourth-order valence-corrected chi connectivity index (χ4v) is 4.26. The maximum atomic E-state index is 3.40. The summed E-state index contributed by atoms with van der Waals surface area (Å²) in [6.07, 6.45) is 0. The van der Waals surface area contributed by atoms with E-state index in [0.29, 0.717) is 0 Å². The fraction of sp³-hybridized carbons (Fsp3) is 0. The van der Waals surface area contributed by atoms with Gasteiger partial charge < -0.3 is 0 Å². The predicted octanol–water partition coefficient (Wildman–Crippen LogP) is 7.95. The molecule has 0 unspecified atom stereocenters. The molecule has 0 saturated carbocycles. The van der Waals surface area contributed by atoms with Crippen LogP contribution in [0.5, 0.6) is 0 Å². The normalized spacial score (nSPS) is 10.5. The van der Waals surface area contributed by atoms with Crippen molar-refractivity contribution in [2.75, 3.05) is 0 Å². The molecule has 0 heteroatoms. The lowest BCUT2D eigenvalue weighted by atomic mass is 10.00. The van der Waals surface area contributed by atoms with Crippen LogP contribution in [0.1, 0.15) is 22.3 Å². The van der Waals surface area contributed by atoms with Gasteiger partial charge in [0, 0.05) is 22.3 Å². The van der Waals surface area contributed by atoms with Gasteiger partial charge in [-0.15, -0.1) is 0 Å². The number of hydrogen-bond acceptors (Lipinski definition) is 0. The molecule has 0 aromatic heterocycles. The predicted molar refractivity (Wildman–Crippen MR) is 144 cm³/mol. The molecule has 0 aliphatic heterocycles. The zero-order valence-corrected chi connectivity index (χ0v) is 18.5. The van der Waals surface area contributed by atoms with E-state index in [1.54, 1.807) is 0 Å². The van der Waals surface area contributed by atoms with Gasteiger partial charge >= 0.3 is 0 Å². The van der Waals surface area contributed by atoms with Crippen molar-refractivity contribution < 1.29 is 0 Å². The Labute approximate surface area is 199 Å². The van der Waals surface area contributed by atoms with E-state index in [-0.39, 0.29) is 0 Å². The molecule has 0 radical (unpaired) electrons. The van der Waals surface area contributed by atoms with Crippen molar-refractivity contribution in [3.05, 3.63) is 144 Å².